The fourth-order valence-electron chi connectivity index (χ4n) is 18.8. The molecule has 5 heteroatoms. The quantitative estimate of drug-likeness (QED) is 0.113. The van der Waals surface area contributed by atoms with Gasteiger partial charge in [0.05, 0.1) is 15.1 Å². The molecule has 3 aromatic heterocycles. The first-order valence-electron chi connectivity index (χ1n) is 52.5. The molecule has 23 rings (SSSR count). The summed E-state index contributed by atoms with van der Waals surface area (Å²) >= 11 is -1.21. The Bertz CT molecular complexity index is 8890. The van der Waals surface area contributed by atoms with Crippen LogP contribution in [0.15, 0.2) is 388 Å². The Morgan fingerprint density at radius 3 is 1.15 bits per heavy atom. The average molecular weight is 1690 g/mol. The number of para-hydroxylation sites is 2. The second-order valence-electron chi connectivity index (χ2n) is 35.9. The maximum atomic E-state index is 12.2. The molecule has 0 amide bonds. The van der Waals surface area contributed by atoms with Crippen LogP contribution in [0.4, 0.5) is 34.1 Å². The summed E-state index contributed by atoms with van der Waals surface area (Å²) in [4.78, 5) is 4.04. The Morgan fingerprint density at radius 1 is 0.312 bits per heavy atom. The summed E-state index contributed by atoms with van der Waals surface area (Å²) in [7, 11) is 0. The monoisotopic (exact) mass is 1690 g/mol. The maximum absolute atomic E-state index is 12.2. The number of hydrogen-bond acceptors (Lipinski definition) is 2. The van der Waals surface area contributed by atoms with Crippen LogP contribution in [0.25, 0.3) is 153 Å². The SMILES string of the molecule is [2H]c1c([2H])c2c(c([2H])c1-c1cccc(-c3ccccc3)c1)Cc1c-2c2c([2H])c([2H])c([2H])c([2H])c2n1-c1c([2H])c([2H])c2c(c1[2H])N(c1c(-c3ccccc3)cc(C(C)(C)C)cc1-c1ccccc1)c1cc(C(C)(C)C)cc3c1C2c1c([2H])c([2H])c(-n2c4[se]c5c([2H])c(-c6cccc(-c7ccccc7)c6)c([2H])c([2H])c5c4c4c([2H])c([2H])c([2H])c([2H])c42)c([2H])c1N3c1c(-c2ccccc2)cc(C(C)(C)C)cc1-c1ccccc1. The molecule has 1 atom stereocenters. The summed E-state index contributed by atoms with van der Waals surface area (Å²) in [6, 6.07) is 77.0. The van der Waals surface area contributed by atoms with Gasteiger partial charge in [0.15, 0.2) is 0 Å². The first kappa shape index (κ1) is 57.3. The van der Waals surface area contributed by atoms with E-state index in [4.69, 9.17) is 0 Å². The zero-order chi connectivity index (χ0) is 102. The fraction of sp³-hybridized carbons (Fsp3) is 0.117. The van der Waals surface area contributed by atoms with Crippen LogP contribution in [0.2, 0.25) is 0 Å². The summed E-state index contributed by atoms with van der Waals surface area (Å²) < 4.78 is 216. The number of aromatic nitrogens is 2. The van der Waals surface area contributed by atoms with Crippen LogP contribution < -0.4 is 9.80 Å². The first-order valence-corrected chi connectivity index (χ1v) is 44.2. The third-order valence-electron chi connectivity index (χ3n) is 25.1. The van der Waals surface area contributed by atoms with E-state index in [1.54, 1.807) is 12.1 Å². The zero-order valence-electron chi connectivity index (χ0n) is 90.4. The van der Waals surface area contributed by atoms with Crippen LogP contribution in [0, 0.1) is 0 Å². The van der Waals surface area contributed by atoms with E-state index in [2.05, 4.69) is 98.7 Å². The summed E-state index contributed by atoms with van der Waals surface area (Å²) in [6.07, 6.45) is -0.272. The molecular formula is C120H94N4Se. The zero-order valence-corrected chi connectivity index (χ0v) is 72.1. The molecule has 0 saturated carbocycles. The fourth-order valence-corrected chi connectivity index (χ4v) is 21.3. The van der Waals surface area contributed by atoms with Crippen molar-refractivity contribution in [1.29, 1.82) is 0 Å². The van der Waals surface area contributed by atoms with E-state index in [-0.39, 0.29) is 147 Å². The van der Waals surface area contributed by atoms with Crippen LogP contribution in [-0.2, 0) is 22.7 Å². The van der Waals surface area contributed by atoms with Crippen molar-refractivity contribution in [2.24, 2.45) is 0 Å². The van der Waals surface area contributed by atoms with E-state index >= 15 is 0 Å². The van der Waals surface area contributed by atoms with Gasteiger partial charge in [-0.05, 0) is 79.7 Å². The van der Waals surface area contributed by atoms with Crippen LogP contribution in [0.1, 0.15) is 140 Å². The average Bonchev–Trinajstić information content (AvgIpc) is 1.63. The van der Waals surface area contributed by atoms with Gasteiger partial charge in [0.2, 0.25) is 0 Å². The third kappa shape index (κ3) is 12.7. The number of nitrogens with zero attached hydrogens (tertiary/aromatic N) is 4. The molecule has 17 aromatic carbocycles. The van der Waals surface area contributed by atoms with Gasteiger partial charge in [-0.15, -0.1) is 0 Å². The van der Waals surface area contributed by atoms with E-state index in [0.717, 1.165) is 55.6 Å². The molecule has 20 aromatic rings. The van der Waals surface area contributed by atoms with E-state index in [0.29, 0.717) is 71.5 Å². The summed E-state index contributed by atoms with van der Waals surface area (Å²) in [5.74, 6) is -1.58. The molecule has 0 saturated heterocycles. The van der Waals surface area contributed by atoms with Crippen LogP contribution in [-0.4, -0.2) is 23.6 Å². The molecule has 2 aliphatic heterocycles. The van der Waals surface area contributed by atoms with Gasteiger partial charge < -0.3 is 0 Å². The van der Waals surface area contributed by atoms with Crippen molar-refractivity contribution >= 4 is 89.9 Å². The molecule has 600 valence electrons. The summed E-state index contributed by atoms with van der Waals surface area (Å²) in [6.45, 7) is 19.1. The Morgan fingerprint density at radius 2 is 0.696 bits per heavy atom. The van der Waals surface area contributed by atoms with Gasteiger partial charge in [0, 0.05) is 23.1 Å². The van der Waals surface area contributed by atoms with Crippen molar-refractivity contribution in [2.75, 3.05) is 9.80 Å². The Kier molecular flexibility index (Phi) is 13.4. The second kappa shape index (κ2) is 29.3. The Balaban J connectivity index is 0.910. The molecule has 3 aliphatic rings. The molecule has 0 radical (unpaired) electrons. The van der Waals surface area contributed by atoms with E-state index in [1.807, 2.05) is 228 Å². The van der Waals surface area contributed by atoms with Crippen molar-refractivity contribution in [1.82, 2.24) is 9.13 Å². The van der Waals surface area contributed by atoms with Gasteiger partial charge in [0.1, 0.15) is 0 Å². The van der Waals surface area contributed by atoms with Crippen molar-refractivity contribution < 1.29 is 27.4 Å². The minimum absolute atomic E-state index is 0.0371. The molecule has 0 bridgehead atoms. The van der Waals surface area contributed by atoms with Crippen molar-refractivity contribution in [2.45, 2.75) is 90.9 Å². The molecule has 0 fully saturated rings. The molecule has 0 N–H and O–H groups in total. The third-order valence-corrected chi connectivity index (χ3v) is 27.4. The number of rotatable bonds is 12. The predicted octanol–water partition coefficient (Wildman–Crippen LogP) is 32.5. The minimum atomic E-state index is -1.58. The standard InChI is InChI=1S/C120H94N4Se/c1-118(2,3)88-67-99(77-38-20-12-21-39-77)115(100(68-88)78-40-22-13-23-41-78)123-105-73-91(121-103-52-30-28-50-94(103)111-93-58-54-85(64-87(93)65-107(111)121)83-48-32-46-81(62-83)75-34-16-10-17-35-75)56-60-96(105)112-97-61-57-92(122-104-53-31-29-51-95(104)113-98-59-55-86(66-110(98)125-117(113)122)84-49-33-47-82(63-84)76-36-18-11-19-37-76)74-106(97)124(109-72-90(120(7,8)9)71-108(123)114(109)112)116-101(79-42-24-14-25-43-79)69-89(119(4,5)6)70-102(116)80-44-26-15-27-45-80/h10-64,66-74,112H,65H2,1-9H3/i28D,29D,30D,31D,50D,51D,52D,53D,54D,55D,56D,57D,58D,59D,60D,61D,64D,66D,73D,74D. The van der Waals surface area contributed by atoms with Gasteiger partial charge in [-0.3, -0.25) is 0 Å². The van der Waals surface area contributed by atoms with Gasteiger partial charge in [-0.2, -0.15) is 0 Å². The molecule has 0 spiro atoms. The topological polar surface area (TPSA) is 16.3 Å². The van der Waals surface area contributed by atoms with Crippen LogP contribution >= 0.6 is 0 Å². The first-order chi connectivity index (χ1) is 69.3. The summed E-state index contributed by atoms with van der Waals surface area (Å²) in [5.41, 5.74) is 12.2. The molecular weight excluding hydrogens is 1580 g/mol. The number of hydrogen-bond donors (Lipinski definition) is 0. The Hall–Kier alpha value is -14.1. The second-order valence-corrected chi connectivity index (χ2v) is 38.0. The van der Waals surface area contributed by atoms with Gasteiger partial charge in [-0.25, -0.2) is 0 Å². The Labute approximate surface area is 766 Å². The number of anilines is 6. The molecule has 125 heavy (non-hydrogen) atoms. The van der Waals surface area contributed by atoms with Crippen molar-refractivity contribution in [3.05, 3.63) is 432 Å². The summed E-state index contributed by atoms with van der Waals surface area (Å²) in [5, 5.41) is 0.00910. The molecule has 1 unspecified atom stereocenters. The van der Waals surface area contributed by atoms with Crippen molar-refractivity contribution in [3.8, 4) is 112 Å². The van der Waals surface area contributed by atoms with E-state index in [1.165, 1.54) is 9.13 Å². The normalized spacial score (nSPS) is 15.7. The van der Waals surface area contributed by atoms with Gasteiger partial charge >= 0.3 is 487 Å². The van der Waals surface area contributed by atoms with E-state index in [9.17, 15) is 27.4 Å². The molecule has 5 heterocycles. The number of benzene rings is 17. The molecule has 1 aliphatic carbocycles. The van der Waals surface area contributed by atoms with E-state index < -0.39 is 121 Å². The number of fused-ring (bicyclic) bond motifs is 14. The molecule has 4 nitrogen and oxygen atoms in total. The van der Waals surface area contributed by atoms with Crippen LogP contribution in [0.3, 0.4) is 0 Å². The van der Waals surface area contributed by atoms with Gasteiger partial charge in [-0.1, -0.05) is 166 Å². The van der Waals surface area contributed by atoms with Crippen LogP contribution in [0.5, 0.6) is 0 Å². The predicted molar refractivity (Wildman–Crippen MR) is 530 cm³/mol. The van der Waals surface area contributed by atoms with Crippen molar-refractivity contribution in [3.63, 3.8) is 0 Å². The van der Waals surface area contributed by atoms with Gasteiger partial charge in [0.25, 0.3) is 0 Å².